The summed E-state index contributed by atoms with van der Waals surface area (Å²) in [5.41, 5.74) is 2.80. The number of nitrogens with zero attached hydrogens (tertiary/aromatic N) is 1. The molecule has 0 fully saturated rings. The van der Waals surface area contributed by atoms with Crippen LogP contribution in [0.1, 0.15) is 35.7 Å². The SMILES string of the molecule is CCCCOC(=O)c1ccc(N2C(=O)C(Nc3cccc4ccccc34)=C(Sc3ccc(C)cc3)C2=O)cc1. The molecular formula is C32H28N2O4S. The van der Waals surface area contributed by atoms with Gasteiger partial charge >= 0.3 is 5.97 Å². The van der Waals surface area contributed by atoms with Crippen LogP contribution in [0.15, 0.2) is 106 Å². The number of ether oxygens (including phenoxy) is 1. The number of fused-ring (bicyclic) bond motifs is 1. The Morgan fingerprint density at radius 2 is 1.59 bits per heavy atom. The van der Waals surface area contributed by atoms with Gasteiger partial charge in [-0.05, 0) is 61.2 Å². The maximum atomic E-state index is 13.8. The number of nitrogens with one attached hydrogen (secondary N) is 1. The van der Waals surface area contributed by atoms with E-state index in [1.807, 2.05) is 80.6 Å². The van der Waals surface area contributed by atoms with Crippen molar-refractivity contribution in [2.75, 3.05) is 16.8 Å². The zero-order valence-electron chi connectivity index (χ0n) is 21.8. The Morgan fingerprint density at radius 3 is 2.33 bits per heavy atom. The Labute approximate surface area is 231 Å². The van der Waals surface area contributed by atoms with Crippen molar-refractivity contribution in [2.45, 2.75) is 31.6 Å². The number of hydrogen-bond acceptors (Lipinski definition) is 6. The second-order valence-electron chi connectivity index (χ2n) is 9.25. The topological polar surface area (TPSA) is 75.7 Å². The van der Waals surface area contributed by atoms with Crippen LogP contribution in [0.3, 0.4) is 0 Å². The molecule has 1 aliphatic heterocycles. The predicted octanol–water partition coefficient (Wildman–Crippen LogP) is 7.09. The summed E-state index contributed by atoms with van der Waals surface area (Å²) < 4.78 is 5.28. The lowest BCUT2D eigenvalue weighted by atomic mass is 10.1. The molecule has 0 unspecified atom stereocenters. The van der Waals surface area contributed by atoms with Crippen LogP contribution in [0, 0.1) is 6.92 Å². The first kappa shape index (κ1) is 26.3. The number of imide groups is 1. The standard InChI is InChI=1S/C32H28N2O4S/c1-3-4-20-38-32(37)23-14-16-24(17-15-23)34-30(35)28(29(31(34)36)39-25-18-12-21(2)13-19-25)33-27-11-7-9-22-8-5-6-10-26(22)27/h5-19,33H,3-4,20H2,1-2H3. The zero-order valence-corrected chi connectivity index (χ0v) is 22.6. The molecular weight excluding hydrogens is 508 g/mol. The van der Waals surface area contributed by atoms with Crippen LogP contribution in [-0.4, -0.2) is 24.4 Å². The second-order valence-corrected chi connectivity index (χ2v) is 10.3. The van der Waals surface area contributed by atoms with Crippen molar-refractivity contribution in [3.05, 3.63) is 113 Å². The number of aryl methyl sites for hydroxylation is 1. The molecule has 39 heavy (non-hydrogen) atoms. The lowest BCUT2D eigenvalue weighted by Gasteiger charge is -2.16. The highest BCUT2D eigenvalue weighted by Gasteiger charge is 2.40. The molecule has 0 spiro atoms. The van der Waals surface area contributed by atoms with E-state index in [-0.39, 0.29) is 5.70 Å². The fourth-order valence-corrected chi connectivity index (χ4v) is 5.21. The monoisotopic (exact) mass is 536 g/mol. The number of rotatable bonds is 9. The van der Waals surface area contributed by atoms with Gasteiger partial charge in [0, 0.05) is 16.0 Å². The van der Waals surface area contributed by atoms with Crippen molar-refractivity contribution in [2.24, 2.45) is 0 Å². The molecule has 5 rings (SSSR count). The smallest absolute Gasteiger partial charge is 0.338 e. The van der Waals surface area contributed by atoms with Gasteiger partial charge in [0.05, 0.1) is 17.9 Å². The molecule has 0 saturated carbocycles. The zero-order chi connectivity index (χ0) is 27.4. The third-order valence-corrected chi connectivity index (χ3v) is 7.51. The lowest BCUT2D eigenvalue weighted by Crippen LogP contribution is -2.32. The van der Waals surface area contributed by atoms with Crippen molar-refractivity contribution in [3.63, 3.8) is 0 Å². The normalized spacial score (nSPS) is 13.3. The Hall–Kier alpha value is -4.36. The fourth-order valence-electron chi connectivity index (χ4n) is 4.28. The van der Waals surface area contributed by atoms with Gasteiger partial charge in [0.15, 0.2) is 0 Å². The minimum absolute atomic E-state index is 0.213. The Balaban J connectivity index is 1.48. The fraction of sp³-hybridized carbons (Fsp3) is 0.156. The van der Waals surface area contributed by atoms with Crippen molar-refractivity contribution in [3.8, 4) is 0 Å². The van der Waals surface area contributed by atoms with Gasteiger partial charge in [-0.15, -0.1) is 0 Å². The largest absolute Gasteiger partial charge is 0.462 e. The van der Waals surface area contributed by atoms with Crippen LogP contribution in [0.2, 0.25) is 0 Å². The molecule has 0 aromatic heterocycles. The van der Waals surface area contributed by atoms with Gasteiger partial charge in [0.1, 0.15) is 10.6 Å². The Kier molecular flexibility index (Phi) is 7.79. The molecule has 0 bridgehead atoms. The number of thioether (sulfide) groups is 1. The Morgan fingerprint density at radius 1 is 0.872 bits per heavy atom. The first-order chi connectivity index (χ1) is 19.0. The summed E-state index contributed by atoms with van der Waals surface area (Å²) in [7, 11) is 0. The van der Waals surface area contributed by atoms with Gasteiger partial charge in [-0.3, -0.25) is 9.59 Å². The minimum Gasteiger partial charge on any atom is -0.462 e. The first-order valence-electron chi connectivity index (χ1n) is 12.9. The number of hydrogen-bond donors (Lipinski definition) is 1. The second kappa shape index (κ2) is 11.6. The van der Waals surface area contributed by atoms with Crippen LogP contribution in [0.4, 0.5) is 11.4 Å². The van der Waals surface area contributed by atoms with Gasteiger partial charge in [-0.2, -0.15) is 0 Å². The van der Waals surface area contributed by atoms with Gasteiger partial charge in [-0.25, -0.2) is 9.69 Å². The number of unbranched alkanes of at least 4 members (excludes halogenated alkanes) is 1. The molecule has 4 aromatic carbocycles. The van der Waals surface area contributed by atoms with Crippen LogP contribution in [-0.2, 0) is 14.3 Å². The van der Waals surface area contributed by atoms with E-state index in [1.165, 1.54) is 11.8 Å². The van der Waals surface area contributed by atoms with E-state index in [4.69, 9.17) is 4.74 Å². The highest BCUT2D eigenvalue weighted by atomic mass is 32.2. The van der Waals surface area contributed by atoms with Gasteiger partial charge in [-0.1, -0.05) is 79.2 Å². The van der Waals surface area contributed by atoms with Crippen LogP contribution >= 0.6 is 11.8 Å². The number of esters is 1. The number of amides is 2. The van der Waals surface area contributed by atoms with Gasteiger partial charge in [0.2, 0.25) is 0 Å². The van der Waals surface area contributed by atoms with E-state index in [0.717, 1.165) is 44.7 Å². The average molecular weight is 537 g/mol. The Bertz CT molecular complexity index is 1570. The molecule has 4 aromatic rings. The molecule has 2 amide bonds. The number of carbonyl (C=O) groups excluding carboxylic acids is 3. The highest BCUT2D eigenvalue weighted by Crippen LogP contribution is 2.38. The van der Waals surface area contributed by atoms with E-state index in [0.29, 0.717) is 22.8 Å². The lowest BCUT2D eigenvalue weighted by molar-refractivity contribution is -0.120. The van der Waals surface area contributed by atoms with E-state index in [9.17, 15) is 14.4 Å². The summed E-state index contributed by atoms with van der Waals surface area (Å²) in [4.78, 5) is 42.2. The van der Waals surface area contributed by atoms with Crippen molar-refractivity contribution >= 4 is 51.7 Å². The third-order valence-electron chi connectivity index (χ3n) is 6.42. The van der Waals surface area contributed by atoms with Crippen LogP contribution in [0.25, 0.3) is 10.8 Å². The molecule has 1 N–H and O–H groups in total. The summed E-state index contributed by atoms with van der Waals surface area (Å²) in [5, 5.41) is 5.24. The van der Waals surface area contributed by atoms with E-state index < -0.39 is 17.8 Å². The molecule has 1 heterocycles. The first-order valence-corrected chi connectivity index (χ1v) is 13.7. The highest BCUT2D eigenvalue weighted by molar-refractivity contribution is 8.04. The van der Waals surface area contributed by atoms with Crippen LogP contribution in [0.5, 0.6) is 0 Å². The van der Waals surface area contributed by atoms with Crippen molar-refractivity contribution in [1.82, 2.24) is 0 Å². The van der Waals surface area contributed by atoms with E-state index in [2.05, 4.69) is 5.32 Å². The van der Waals surface area contributed by atoms with E-state index >= 15 is 0 Å². The van der Waals surface area contributed by atoms with Crippen molar-refractivity contribution in [1.29, 1.82) is 0 Å². The summed E-state index contributed by atoms with van der Waals surface area (Å²) in [6.45, 7) is 4.37. The van der Waals surface area contributed by atoms with Crippen molar-refractivity contribution < 1.29 is 19.1 Å². The molecule has 0 atom stereocenters. The molecule has 6 nitrogen and oxygen atoms in total. The third kappa shape index (κ3) is 5.59. The van der Waals surface area contributed by atoms with Crippen LogP contribution < -0.4 is 10.2 Å². The molecule has 0 saturated heterocycles. The van der Waals surface area contributed by atoms with Gasteiger partial charge in [0.25, 0.3) is 11.8 Å². The average Bonchev–Trinajstić information content (AvgIpc) is 3.18. The molecule has 7 heteroatoms. The number of anilines is 2. The molecule has 1 aliphatic rings. The molecule has 0 aliphatic carbocycles. The summed E-state index contributed by atoms with van der Waals surface area (Å²) in [6.07, 6.45) is 1.72. The molecule has 196 valence electrons. The summed E-state index contributed by atoms with van der Waals surface area (Å²) in [6, 6.07) is 27.8. The van der Waals surface area contributed by atoms with E-state index in [1.54, 1.807) is 24.3 Å². The predicted molar refractivity (Wildman–Crippen MR) is 156 cm³/mol. The summed E-state index contributed by atoms with van der Waals surface area (Å²) >= 11 is 1.25. The minimum atomic E-state index is -0.458. The molecule has 0 radical (unpaired) electrons. The number of carbonyl (C=O) groups is 3. The quantitative estimate of drug-likeness (QED) is 0.140. The summed E-state index contributed by atoms with van der Waals surface area (Å²) in [5.74, 6) is -1.31. The maximum absolute atomic E-state index is 13.8. The number of benzene rings is 4. The maximum Gasteiger partial charge on any atom is 0.338 e. The van der Waals surface area contributed by atoms with Gasteiger partial charge < -0.3 is 10.1 Å².